The second-order valence-electron chi connectivity index (χ2n) is 4.38. The van der Waals surface area contributed by atoms with Gasteiger partial charge < -0.3 is 4.74 Å². The third-order valence-corrected chi connectivity index (χ3v) is 2.70. The molecule has 1 aromatic heterocycles. The van der Waals surface area contributed by atoms with E-state index in [0.29, 0.717) is 5.16 Å². The van der Waals surface area contributed by atoms with Crippen molar-refractivity contribution < 1.29 is 9.53 Å². The van der Waals surface area contributed by atoms with E-state index in [1.165, 1.54) is 16.4 Å². The van der Waals surface area contributed by atoms with Crippen LogP contribution in [0.2, 0.25) is 0 Å². The predicted octanol–water partition coefficient (Wildman–Crippen LogP) is 1.03. The van der Waals surface area contributed by atoms with E-state index in [0.717, 1.165) is 0 Å². The molecule has 0 amide bonds. The van der Waals surface area contributed by atoms with Crippen LogP contribution < -0.4 is 0 Å². The molecule has 0 aliphatic heterocycles. The summed E-state index contributed by atoms with van der Waals surface area (Å²) in [5.41, 5.74) is -0.468. The van der Waals surface area contributed by atoms with Crippen molar-refractivity contribution in [3.63, 3.8) is 0 Å². The van der Waals surface area contributed by atoms with Gasteiger partial charge in [-0.1, -0.05) is 11.8 Å². The van der Waals surface area contributed by atoms with E-state index in [9.17, 15) is 4.79 Å². The number of thioether (sulfide) groups is 1. The normalized spacial score (nSPS) is 13.6. The smallest absolute Gasteiger partial charge is 0.319 e. The van der Waals surface area contributed by atoms with Crippen LogP contribution in [0.15, 0.2) is 5.16 Å². The van der Waals surface area contributed by atoms with Gasteiger partial charge in [0.15, 0.2) is 0 Å². The van der Waals surface area contributed by atoms with Crippen LogP contribution in [0.3, 0.4) is 0 Å². The Morgan fingerprint density at radius 1 is 1.50 bits per heavy atom. The summed E-state index contributed by atoms with van der Waals surface area (Å²) in [5.74, 6) is -0.263. The first kappa shape index (κ1) is 13.0. The Bertz CT molecular complexity index is 372. The van der Waals surface area contributed by atoms with Crippen molar-refractivity contribution >= 4 is 17.7 Å². The third kappa shape index (κ3) is 3.80. The molecule has 1 unspecified atom stereocenters. The number of esters is 1. The van der Waals surface area contributed by atoms with Gasteiger partial charge in [0, 0.05) is 7.05 Å². The summed E-state index contributed by atoms with van der Waals surface area (Å²) in [5, 5.41) is 11.2. The van der Waals surface area contributed by atoms with E-state index in [1.54, 1.807) is 14.0 Å². The summed E-state index contributed by atoms with van der Waals surface area (Å²) < 4.78 is 6.77. The van der Waals surface area contributed by atoms with Crippen molar-refractivity contribution in [2.45, 2.75) is 43.7 Å². The molecule has 90 valence electrons. The Labute approximate surface area is 98.7 Å². The predicted molar refractivity (Wildman–Crippen MR) is 60.0 cm³/mol. The molecule has 1 rings (SSSR count). The Kier molecular flexibility index (Phi) is 3.90. The van der Waals surface area contributed by atoms with Crippen LogP contribution in [0.4, 0.5) is 0 Å². The maximum absolute atomic E-state index is 11.7. The molecule has 0 bridgehead atoms. The summed E-state index contributed by atoms with van der Waals surface area (Å²) in [6.45, 7) is 7.29. The fraction of sp³-hybridized carbons (Fsp3) is 0.778. The molecule has 1 atom stereocenters. The summed E-state index contributed by atoms with van der Waals surface area (Å²) in [7, 11) is 1.73. The zero-order valence-corrected chi connectivity index (χ0v) is 10.9. The summed E-state index contributed by atoms with van der Waals surface area (Å²) in [4.78, 5) is 11.7. The molecule has 7 heteroatoms. The summed E-state index contributed by atoms with van der Waals surface area (Å²) in [6, 6.07) is 0. The minimum absolute atomic E-state index is 0.263. The van der Waals surface area contributed by atoms with E-state index >= 15 is 0 Å². The molecule has 16 heavy (non-hydrogen) atoms. The molecule has 0 aliphatic carbocycles. The largest absolute Gasteiger partial charge is 0.459 e. The Hall–Kier alpha value is -1.11. The van der Waals surface area contributed by atoms with Gasteiger partial charge in [-0.3, -0.25) is 4.79 Å². The van der Waals surface area contributed by atoms with Gasteiger partial charge in [-0.25, -0.2) is 4.68 Å². The minimum Gasteiger partial charge on any atom is -0.459 e. The van der Waals surface area contributed by atoms with Crippen molar-refractivity contribution in [3.05, 3.63) is 0 Å². The van der Waals surface area contributed by atoms with Gasteiger partial charge in [0.05, 0.1) is 0 Å². The van der Waals surface area contributed by atoms with Crippen molar-refractivity contribution in [2.24, 2.45) is 7.05 Å². The first-order chi connectivity index (χ1) is 7.29. The van der Waals surface area contributed by atoms with Gasteiger partial charge in [0.25, 0.3) is 0 Å². The molecule has 1 aromatic rings. The van der Waals surface area contributed by atoms with E-state index in [1.807, 2.05) is 20.8 Å². The molecule has 0 spiro atoms. The fourth-order valence-electron chi connectivity index (χ4n) is 0.912. The molecule has 0 radical (unpaired) electrons. The number of aromatic nitrogens is 4. The number of aryl methyl sites for hydroxylation is 1. The maximum atomic E-state index is 11.7. The fourth-order valence-corrected chi connectivity index (χ4v) is 1.65. The number of hydrogen-bond donors (Lipinski definition) is 0. The molecule has 1 heterocycles. The van der Waals surface area contributed by atoms with Gasteiger partial charge in [-0.15, -0.1) is 5.10 Å². The monoisotopic (exact) mass is 244 g/mol. The van der Waals surface area contributed by atoms with E-state index in [4.69, 9.17) is 4.74 Å². The molecular weight excluding hydrogens is 228 g/mol. The summed E-state index contributed by atoms with van der Waals surface area (Å²) >= 11 is 1.28. The number of tetrazole rings is 1. The molecule has 0 saturated heterocycles. The molecule has 0 aliphatic rings. The van der Waals surface area contributed by atoms with Crippen LogP contribution >= 0.6 is 11.8 Å². The van der Waals surface area contributed by atoms with Crippen LogP contribution in [-0.2, 0) is 16.6 Å². The molecular formula is C9H16N4O2S. The average molecular weight is 244 g/mol. The van der Waals surface area contributed by atoms with Crippen molar-refractivity contribution in [1.29, 1.82) is 0 Å². The highest BCUT2D eigenvalue weighted by molar-refractivity contribution is 8.00. The quantitative estimate of drug-likeness (QED) is 0.584. The third-order valence-electron chi connectivity index (χ3n) is 1.60. The van der Waals surface area contributed by atoms with Crippen LogP contribution in [0.5, 0.6) is 0 Å². The van der Waals surface area contributed by atoms with E-state index < -0.39 is 5.60 Å². The highest BCUT2D eigenvalue weighted by Gasteiger charge is 2.23. The number of ether oxygens (including phenoxy) is 1. The highest BCUT2D eigenvalue weighted by Crippen LogP contribution is 2.22. The first-order valence-electron chi connectivity index (χ1n) is 4.91. The summed E-state index contributed by atoms with van der Waals surface area (Å²) in [6.07, 6.45) is 0. The molecule has 0 saturated carbocycles. The topological polar surface area (TPSA) is 69.9 Å². The number of hydrogen-bond acceptors (Lipinski definition) is 6. The maximum Gasteiger partial charge on any atom is 0.319 e. The molecule has 6 nitrogen and oxygen atoms in total. The lowest BCUT2D eigenvalue weighted by Crippen LogP contribution is -2.29. The van der Waals surface area contributed by atoms with Gasteiger partial charge >= 0.3 is 5.97 Å². The lowest BCUT2D eigenvalue weighted by molar-refractivity contribution is -0.153. The van der Waals surface area contributed by atoms with Crippen molar-refractivity contribution in [2.75, 3.05) is 0 Å². The zero-order valence-electron chi connectivity index (χ0n) is 10.1. The van der Waals surface area contributed by atoms with E-state index in [2.05, 4.69) is 15.5 Å². The minimum atomic E-state index is -0.468. The standard InChI is InChI=1S/C9H16N4O2S/c1-6(7(14)15-9(2,3)4)16-8-10-11-12-13(8)5/h6H,1-5H3. The van der Waals surface area contributed by atoms with Gasteiger partial charge in [0.2, 0.25) is 5.16 Å². The van der Waals surface area contributed by atoms with Crippen LogP contribution in [0.1, 0.15) is 27.7 Å². The Morgan fingerprint density at radius 3 is 2.56 bits per heavy atom. The van der Waals surface area contributed by atoms with Gasteiger partial charge in [0.1, 0.15) is 10.9 Å². The Balaban J connectivity index is 2.56. The Morgan fingerprint density at radius 2 is 2.12 bits per heavy atom. The number of carbonyl (C=O) groups is 1. The van der Waals surface area contributed by atoms with Crippen LogP contribution in [-0.4, -0.2) is 37.0 Å². The van der Waals surface area contributed by atoms with Gasteiger partial charge in [-0.05, 0) is 38.1 Å². The van der Waals surface area contributed by atoms with Crippen molar-refractivity contribution in [1.82, 2.24) is 20.2 Å². The number of carbonyl (C=O) groups excluding carboxylic acids is 1. The zero-order chi connectivity index (χ0) is 12.3. The number of nitrogens with zero attached hydrogens (tertiary/aromatic N) is 4. The second kappa shape index (κ2) is 4.82. The second-order valence-corrected chi connectivity index (χ2v) is 5.69. The molecule has 0 fully saturated rings. The lowest BCUT2D eigenvalue weighted by atomic mass is 10.2. The SMILES string of the molecule is CC(Sc1nnnn1C)C(=O)OC(C)(C)C. The van der Waals surface area contributed by atoms with Crippen LogP contribution in [0.25, 0.3) is 0 Å². The molecule has 0 N–H and O–H groups in total. The van der Waals surface area contributed by atoms with E-state index in [-0.39, 0.29) is 11.2 Å². The first-order valence-corrected chi connectivity index (χ1v) is 5.79. The van der Waals surface area contributed by atoms with Crippen LogP contribution in [0, 0.1) is 0 Å². The number of rotatable bonds is 3. The van der Waals surface area contributed by atoms with Crippen molar-refractivity contribution in [3.8, 4) is 0 Å². The average Bonchev–Trinajstić information content (AvgIpc) is 2.49. The lowest BCUT2D eigenvalue weighted by Gasteiger charge is -2.21. The van der Waals surface area contributed by atoms with Gasteiger partial charge in [-0.2, -0.15) is 0 Å². The highest BCUT2D eigenvalue weighted by atomic mass is 32.2. The molecule has 0 aromatic carbocycles.